The predicted octanol–water partition coefficient (Wildman–Crippen LogP) is 7.62. The summed E-state index contributed by atoms with van der Waals surface area (Å²) < 4.78 is 5.87. The number of thioether (sulfide) groups is 1. The third-order valence-corrected chi connectivity index (χ3v) is 8.17. The van der Waals surface area contributed by atoms with Gasteiger partial charge in [-0.2, -0.15) is 0 Å². The highest BCUT2D eigenvalue weighted by Gasteiger charge is 2.16. The molecule has 0 saturated heterocycles. The fraction of sp³-hybridized carbons (Fsp3) is 0.0789. The molecule has 49 heavy (non-hydrogen) atoms. The number of nitro benzene ring substituents is 1. The van der Waals surface area contributed by atoms with Gasteiger partial charge in [0.1, 0.15) is 18.1 Å². The number of nitro groups is 1. The summed E-state index contributed by atoms with van der Waals surface area (Å²) in [5.41, 5.74) is 3.63. The highest BCUT2D eigenvalue weighted by molar-refractivity contribution is 8.00. The topological polar surface area (TPSA) is 140 Å². The first-order chi connectivity index (χ1) is 23.7. The minimum absolute atomic E-state index is 0.0402. The molecule has 0 aliphatic carbocycles. The summed E-state index contributed by atoms with van der Waals surface area (Å²) >= 11 is 1.27. The highest BCUT2D eigenvalue weighted by Crippen LogP contribution is 2.24. The molecule has 0 atom stereocenters. The molecule has 246 valence electrons. The van der Waals surface area contributed by atoms with Gasteiger partial charge < -0.3 is 20.7 Å². The molecule has 0 aliphatic heterocycles. The molecule has 0 radical (unpaired) electrons. The molecule has 10 nitrogen and oxygen atoms in total. The molecule has 0 fully saturated rings. The molecule has 5 aromatic carbocycles. The van der Waals surface area contributed by atoms with Gasteiger partial charge in [-0.15, -0.1) is 11.8 Å². The third-order valence-electron chi connectivity index (χ3n) is 7.16. The van der Waals surface area contributed by atoms with E-state index in [1.54, 1.807) is 97.9 Å². The number of amides is 3. The van der Waals surface area contributed by atoms with Crippen LogP contribution in [0.25, 0.3) is 6.08 Å². The fourth-order valence-corrected chi connectivity index (χ4v) is 5.24. The molecular formula is C38H32N4O6S. The number of hydrogen-bond donors (Lipinski definition) is 3. The minimum Gasteiger partial charge on any atom is -0.489 e. The second kappa shape index (κ2) is 16.6. The van der Waals surface area contributed by atoms with Gasteiger partial charge in [-0.25, -0.2) is 0 Å². The summed E-state index contributed by atoms with van der Waals surface area (Å²) in [6.45, 7) is 2.17. The molecule has 0 bridgehead atoms. The van der Waals surface area contributed by atoms with Crippen LogP contribution in [0.5, 0.6) is 5.75 Å². The van der Waals surface area contributed by atoms with Gasteiger partial charge in [0.15, 0.2) is 0 Å². The molecule has 3 amide bonds. The molecule has 5 rings (SSSR count). The largest absolute Gasteiger partial charge is 0.489 e. The predicted molar refractivity (Wildman–Crippen MR) is 191 cm³/mol. The zero-order valence-electron chi connectivity index (χ0n) is 26.4. The first kappa shape index (κ1) is 34.1. The van der Waals surface area contributed by atoms with Gasteiger partial charge in [0.2, 0.25) is 5.91 Å². The Kier molecular flexibility index (Phi) is 11.5. The minimum atomic E-state index is -0.527. The van der Waals surface area contributed by atoms with Crippen molar-refractivity contribution in [3.8, 4) is 5.75 Å². The number of anilines is 2. The number of carbonyl (C=O) groups is 3. The van der Waals surface area contributed by atoms with E-state index in [9.17, 15) is 24.5 Å². The van der Waals surface area contributed by atoms with Crippen LogP contribution in [0.15, 0.2) is 138 Å². The van der Waals surface area contributed by atoms with E-state index in [0.717, 1.165) is 10.5 Å². The Morgan fingerprint density at radius 2 is 1.49 bits per heavy atom. The average molecular weight is 673 g/mol. The summed E-state index contributed by atoms with van der Waals surface area (Å²) in [5.74, 6) is -0.543. The lowest BCUT2D eigenvalue weighted by molar-refractivity contribution is -0.384. The Hall–Kier alpha value is -6.20. The third kappa shape index (κ3) is 10.1. The van der Waals surface area contributed by atoms with E-state index in [-0.39, 0.29) is 23.0 Å². The normalized spacial score (nSPS) is 10.9. The van der Waals surface area contributed by atoms with E-state index in [4.69, 9.17) is 4.74 Å². The molecule has 11 heteroatoms. The molecule has 3 N–H and O–H groups in total. The molecule has 0 heterocycles. The van der Waals surface area contributed by atoms with Gasteiger partial charge in [-0.1, -0.05) is 66.7 Å². The fourth-order valence-electron chi connectivity index (χ4n) is 4.54. The lowest BCUT2D eigenvalue weighted by Crippen LogP contribution is -2.30. The maximum absolute atomic E-state index is 13.5. The van der Waals surface area contributed by atoms with E-state index in [0.29, 0.717) is 40.4 Å². The number of carbonyl (C=O) groups excluding carboxylic acids is 3. The van der Waals surface area contributed by atoms with Crippen LogP contribution < -0.4 is 20.7 Å². The standard InChI is InChI=1S/C38H32N4O6S/c1-26-12-17-31(42(46)47)23-34(26)40-36(43)25-49-33-20-15-30(16-21-33)39-38(45)35(41-37(44)29-10-6-3-7-11-29)22-27-13-18-32(19-14-27)48-24-28-8-4-2-5-9-28/h2-23H,24-25H2,1H3,(H,39,45)(H,40,43)(H,41,44)/b35-22-. The zero-order chi connectivity index (χ0) is 34.6. The number of benzene rings is 5. The highest BCUT2D eigenvalue weighted by atomic mass is 32.2. The quantitative estimate of drug-likeness (QED) is 0.0506. The van der Waals surface area contributed by atoms with Crippen molar-refractivity contribution in [3.63, 3.8) is 0 Å². The van der Waals surface area contributed by atoms with Crippen LogP contribution in [0, 0.1) is 17.0 Å². The van der Waals surface area contributed by atoms with Crippen LogP contribution in [-0.2, 0) is 16.2 Å². The van der Waals surface area contributed by atoms with Crippen molar-refractivity contribution in [2.75, 3.05) is 16.4 Å². The van der Waals surface area contributed by atoms with Crippen molar-refractivity contribution in [3.05, 3.63) is 165 Å². The Labute approximate surface area is 287 Å². The Morgan fingerprint density at radius 1 is 0.816 bits per heavy atom. The number of ether oxygens (including phenoxy) is 1. The maximum atomic E-state index is 13.5. The molecule has 0 aromatic heterocycles. The number of aryl methyl sites for hydroxylation is 1. The summed E-state index contributed by atoms with van der Waals surface area (Å²) in [6.07, 6.45) is 1.59. The molecule has 5 aromatic rings. The maximum Gasteiger partial charge on any atom is 0.272 e. The Bertz CT molecular complexity index is 1970. The molecule has 0 unspecified atom stereocenters. The van der Waals surface area contributed by atoms with E-state index < -0.39 is 16.7 Å². The monoisotopic (exact) mass is 672 g/mol. The summed E-state index contributed by atoms with van der Waals surface area (Å²) in [6, 6.07) is 36.8. The molecular weight excluding hydrogens is 641 g/mol. The van der Waals surface area contributed by atoms with E-state index in [1.165, 1.54) is 23.9 Å². The molecule has 0 spiro atoms. The van der Waals surface area contributed by atoms with Crippen molar-refractivity contribution in [1.82, 2.24) is 5.32 Å². The summed E-state index contributed by atoms with van der Waals surface area (Å²) in [4.78, 5) is 50.4. The van der Waals surface area contributed by atoms with Gasteiger partial charge in [0.25, 0.3) is 17.5 Å². The van der Waals surface area contributed by atoms with Crippen molar-refractivity contribution in [1.29, 1.82) is 0 Å². The van der Waals surface area contributed by atoms with Crippen LogP contribution in [-0.4, -0.2) is 28.4 Å². The van der Waals surface area contributed by atoms with Crippen LogP contribution in [0.2, 0.25) is 0 Å². The number of nitrogens with zero attached hydrogens (tertiary/aromatic N) is 1. The SMILES string of the molecule is Cc1ccc([N+](=O)[O-])cc1NC(=O)CSc1ccc(NC(=O)/C(=C/c2ccc(OCc3ccccc3)cc2)NC(=O)c2ccccc2)cc1. The molecule has 0 aliphatic rings. The van der Waals surface area contributed by atoms with Crippen LogP contribution in [0.3, 0.4) is 0 Å². The summed E-state index contributed by atoms with van der Waals surface area (Å²) in [7, 11) is 0. The van der Waals surface area contributed by atoms with Crippen molar-refractivity contribution < 1.29 is 24.0 Å². The van der Waals surface area contributed by atoms with Crippen molar-refractivity contribution in [2.45, 2.75) is 18.4 Å². The van der Waals surface area contributed by atoms with Gasteiger partial charge in [-0.05, 0) is 78.2 Å². The van der Waals surface area contributed by atoms with E-state index in [2.05, 4.69) is 16.0 Å². The number of rotatable bonds is 13. The smallest absolute Gasteiger partial charge is 0.272 e. The van der Waals surface area contributed by atoms with E-state index >= 15 is 0 Å². The second-order valence-electron chi connectivity index (χ2n) is 10.8. The van der Waals surface area contributed by atoms with E-state index in [1.807, 2.05) is 30.3 Å². The van der Waals surface area contributed by atoms with Gasteiger partial charge in [0.05, 0.1) is 16.4 Å². The lowest BCUT2D eigenvalue weighted by atomic mass is 10.1. The van der Waals surface area contributed by atoms with Crippen molar-refractivity contribution in [2.24, 2.45) is 0 Å². The van der Waals surface area contributed by atoms with Crippen LogP contribution >= 0.6 is 11.8 Å². The van der Waals surface area contributed by atoms with Gasteiger partial charge >= 0.3 is 0 Å². The summed E-state index contributed by atoms with van der Waals surface area (Å²) in [5, 5.41) is 19.4. The second-order valence-corrected chi connectivity index (χ2v) is 11.8. The van der Waals surface area contributed by atoms with Crippen molar-refractivity contribution >= 4 is 52.6 Å². The molecule has 0 saturated carbocycles. The first-order valence-corrected chi connectivity index (χ1v) is 16.2. The van der Waals surface area contributed by atoms with Crippen LogP contribution in [0.4, 0.5) is 17.1 Å². The number of hydrogen-bond acceptors (Lipinski definition) is 7. The Balaban J connectivity index is 1.22. The average Bonchev–Trinajstić information content (AvgIpc) is 3.12. The van der Waals surface area contributed by atoms with Crippen LogP contribution in [0.1, 0.15) is 27.0 Å². The Morgan fingerprint density at radius 3 is 2.16 bits per heavy atom. The van der Waals surface area contributed by atoms with Gasteiger partial charge in [0, 0.05) is 28.3 Å². The first-order valence-electron chi connectivity index (χ1n) is 15.2. The number of nitrogens with one attached hydrogen (secondary N) is 3. The zero-order valence-corrected chi connectivity index (χ0v) is 27.2. The lowest BCUT2D eigenvalue weighted by Gasteiger charge is -2.12. The number of non-ortho nitro benzene ring substituents is 1. The van der Waals surface area contributed by atoms with Gasteiger partial charge in [-0.3, -0.25) is 24.5 Å².